The van der Waals surface area contributed by atoms with Crippen LogP contribution in [0.5, 0.6) is 0 Å². The van der Waals surface area contributed by atoms with Crippen LogP contribution in [0.1, 0.15) is 395 Å². The highest BCUT2D eigenvalue weighted by Gasteiger charge is 2.30. The number of aliphatic hydroxyl groups excluding tert-OH is 1. The standard InChI is InChI=1S/C80H152O17P2/c1-7-11-13-15-17-19-21-22-27-31-34-38-45-51-57-63-78(83)91-68-75(96-79(84)64-58-52-46-39-35-32-29-26-24-23-25-28-30-33-36-42-48-54-60-72(5)9-3)70-94-98(86,87)92-66-74(81)67-93-99(88,89)95-71-76(69-90-77(82)62-56-50-44-37-20-18-16-14-12-8-2)97-80(85)65-59-53-47-41-40-43-49-55-61-73(6)10-4/h19,21-22,27,72-76,81H,7-18,20,23-26,28-71H2,1-6H3,(H,86,87)(H,88,89)/b21-19-,27-22-/t72?,73?,74-,75-,76-/m1/s1. The van der Waals surface area contributed by atoms with Crippen molar-refractivity contribution in [3.63, 3.8) is 0 Å². The van der Waals surface area contributed by atoms with Crippen LogP contribution in [0, 0.1) is 11.8 Å². The summed E-state index contributed by atoms with van der Waals surface area (Å²) in [5, 5.41) is 10.6. The number of phosphoric ester groups is 2. The highest BCUT2D eigenvalue weighted by atomic mass is 31.2. The molecule has 0 amide bonds. The third kappa shape index (κ3) is 71.0. The Morgan fingerprint density at radius 3 is 0.859 bits per heavy atom. The van der Waals surface area contributed by atoms with Crippen LogP contribution < -0.4 is 0 Å². The normalized spacial score (nSPS) is 14.6. The summed E-state index contributed by atoms with van der Waals surface area (Å²) in [6.07, 6.45) is 63.2. The summed E-state index contributed by atoms with van der Waals surface area (Å²) >= 11 is 0. The Morgan fingerprint density at radius 2 is 0.566 bits per heavy atom. The zero-order valence-corrected chi connectivity index (χ0v) is 66.1. The highest BCUT2D eigenvalue weighted by Crippen LogP contribution is 2.45. The van der Waals surface area contributed by atoms with Gasteiger partial charge in [-0.2, -0.15) is 0 Å². The van der Waals surface area contributed by atoms with E-state index < -0.39 is 97.5 Å². The molecule has 584 valence electrons. The van der Waals surface area contributed by atoms with Crippen molar-refractivity contribution in [3.8, 4) is 0 Å². The number of hydrogen-bond acceptors (Lipinski definition) is 15. The van der Waals surface area contributed by atoms with Gasteiger partial charge in [0.15, 0.2) is 12.2 Å². The number of aliphatic hydroxyl groups is 1. The lowest BCUT2D eigenvalue weighted by Crippen LogP contribution is -2.30. The van der Waals surface area contributed by atoms with Crippen molar-refractivity contribution >= 4 is 39.5 Å². The molecule has 0 bridgehead atoms. The van der Waals surface area contributed by atoms with Crippen molar-refractivity contribution in [2.45, 2.75) is 413 Å². The van der Waals surface area contributed by atoms with Gasteiger partial charge in [-0.3, -0.25) is 37.3 Å². The van der Waals surface area contributed by atoms with Gasteiger partial charge in [0.25, 0.3) is 0 Å². The lowest BCUT2D eigenvalue weighted by Gasteiger charge is -2.21. The number of hydrogen-bond donors (Lipinski definition) is 3. The van der Waals surface area contributed by atoms with Gasteiger partial charge < -0.3 is 33.8 Å². The second-order valence-corrected chi connectivity index (χ2v) is 31.5. The van der Waals surface area contributed by atoms with Gasteiger partial charge in [-0.15, -0.1) is 0 Å². The van der Waals surface area contributed by atoms with Crippen molar-refractivity contribution < 1.29 is 80.2 Å². The predicted molar refractivity (Wildman–Crippen MR) is 404 cm³/mol. The van der Waals surface area contributed by atoms with Crippen LogP contribution in [0.25, 0.3) is 0 Å². The zero-order valence-electron chi connectivity index (χ0n) is 64.3. The van der Waals surface area contributed by atoms with Crippen molar-refractivity contribution in [2.24, 2.45) is 11.8 Å². The molecule has 99 heavy (non-hydrogen) atoms. The first-order valence-electron chi connectivity index (χ1n) is 40.9. The summed E-state index contributed by atoms with van der Waals surface area (Å²) in [6, 6.07) is 0. The van der Waals surface area contributed by atoms with Crippen LogP contribution in [0.3, 0.4) is 0 Å². The second kappa shape index (κ2) is 71.2. The number of rotatable bonds is 77. The first-order valence-corrected chi connectivity index (χ1v) is 43.9. The van der Waals surface area contributed by atoms with Gasteiger partial charge in [0.05, 0.1) is 26.4 Å². The average molecular weight is 1450 g/mol. The van der Waals surface area contributed by atoms with E-state index in [-0.39, 0.29) is 25.7 Å². The molecule has 0 aromatic rings. The molecule has 19 heteroatoms. The molecule has 0 aliphatic carbocycles. The van der Waals surface area contributed by atoms with Crippen LogP contribution in [0.15, 0.2) is 24.3 Å². The Bertz CT molecular complexity index is 2010. The summed E-state index contributed by atoms with van der Waals surface area (Å²) in [6.45, 7) is 9.61. The van der Waals surface area contributed by atoms with Crippen molar-refractivity contribution in [1.29, 1.82) is 0 Å². The molecule has 17 nitrogen and oxygen atoms in total. The molecule has 0 aromatic carbocycles. The third-order valence-corrected chi connectivity index (χ3v) is 20.7. The Labute approximate surface area is 605 Å². The summed E-state index contributed by atoms with van der Waals surface area (Å²) in [7, 11) is -9.93. The van der Waals surface area contributed by atoms with E-state index in [9.17, 15) is 43.2 Å². The van der Waals surface area contributed by atoms with Crippen LogP contribution in [-0.2, 0) is 65.4 Å². The van der Waals surface area contributed by atoms with Gasteiger partial charge >= 0.3 is 39.5 Å². The average Bonchev–Trinajstić information content (AvgIpc) is 1.22. The lowest BCUT2D eigenvalue weighted by molar-refractivity contribution is -0.161. The molecule has 0 saturated heterocycles. The monoisotopic (exact) mass is 1450 g/mol. The van der Waals surface area contributed by atoms with Crippen molar-refractivity contribution in [3.05, 3.63) is 24.3 Å². The third-order valence-electron chi connectivity index (χ3n) is 18.8. The van der Waals surface area contributed by atoms with E-state index in [0.717, 1.165) is 121 Å². The fourth-order valence-electron chi connectivity index (χ4n) is 11.8. The largest absolute Gasteiger partial charge is 0.472 e. The maximum absolute atomic E-state index is 13.1. The maximum Gasteiger partial charge on any atom is 0.472 e. The fraction of sp³-hybridized carbons (Fsp3) is 0.900. The van der Waals surface area contributed by atoms with Gasteiger partial charge in [0.1, 0.15) is 19.3 Å². The summed E-state index contributed by atoms with van der Waals surface area (Å²) in [5.41, 5.74) is 0. The number of esters is 4. The molecule has 0 fully saturated rings. The van der Waals surface area contributed by atoms with E-state index in [0.29, 0.717) is 25.7 Å². The molecule has 0 aromatic heterocycles. The van der Waals surface area contributed by atoms with Crippen LogP contribution in [-0.4, -0.2) is 96.7 Å². The first-order chi connectivity index (χ1) is 47.9. The molecule has 0 rings (SSSR count). The van der Waals surface area contributed by atoms with E-state index in [4.69, 9.17) is 37.0 Å². The minimum absolute atomic E-state index is 0.101. The summed E-state index contributed by atoms with van der Waals surface area (Å²) < 4.78 is 68.6. The molecular weight excluding hydrogens is 1290 g/mol. The van der Waals surface area contributed by atoms with Gasteiger partial charge in [0, 0.05) is 25.7 Å². The van der Waals surface area contributed by atoms with Crippen LogP contribution in [0.4, 0.5) is 0 Å². The minimum atomic E-state index is -4.97. The molecule has 4 unspecified atom stereocenters. The predicted octanol–water partition coefficient (Wildman–Crippen LogP) is 23.4. The second-order valence-electron chi connectivity index (χ2n) is 28.6. The molecule has 0 heterocycles. The van der Waals surface area contributed by atoms with Gasteiger partial charge in [-0.25, -0.2) is 9.13 Å². The number of phosphoric acid groups is 2. The summed E-state index contributed by atoms with van der Waals surface area (Å²) in [5.74, 6) is -0.506. The van der Waals surface area contributed by atoms with Crippen molar-refractivity contribution in [2.75, 3.05) is 39.6 Å². The first kappa shape index (κ1) is 96.5. The number of unbranched alkanes of at least 4 members (excludes halogenated alkanes) is 42. The Kier molecular flexibility index (Phi) is 69.4. The molecule has 0 aliphatic rings. The van der Waals surface area contributed by atoms with Crippen LogP contribution in [0.2, 0.25) is 0 Å². The van der Waals surface area contributed by atoms with Gasteiger partial charge in [-0.05, 0) is 63.2 Å². The number of allylic oxidation sites excluding steroid dienone is 4. The quantitative estimate of drug-likeness (QED) is 0.0169. The van der Waals surface area contributed by atoms with E-state index in [1.165, 1.54) is 193 Å². The number of carbonyl (C=O) groups is 4. The molecule has 0 spiro atoms. The van der Waals surface area contributed by atoms with Crippen molar-refractivity contribution in [1.82, 2.24) is 0 Å². The van der Waals surface area contributed by atoms with E-state index >= 15 is 0 Å². The molecule has 7 atom stereocenters. The maximum atomic E-state index is 13.1. The highest BCUT2D eigenvalue weighted by molar-refractivity contribution is 7.47. The van der Waals surface area contributed by atoms with Crippen LogP contribution >= 0.6 is 15.6 Å². The number of carbonyl (C=O) groups excluding carboxylic acids is 4. The molecule has 3 N–H and O–H groups in total. The Balaban J connectivity index is 5.24. The Morgan fingerprint density at radius 1 is 0.323 bits per heavy atom. The SMILES string of the molecule is CCCCCC/C=C\C=C/CCCCCCCC(=O)OC[C@H](COP(=O)(O)OC[C@@H](O)COP(=O)(O)OC[C@@H](COC(=O)CCCCCCCCCCCC)OC(=O)CCCCCCCCCCC(C)CC)OC(=O)CCCCCCCCCCCCCCCCCCCCC(C)CC. The molecule has 0 radical (unpaired) electrons. The molecule has 0 aliphatic heterocycles. The Hall–Kier alpha value is -2.46. The molecule has 0 saturated carbocycles. The fourth-order valence-corrected chi connectivity index (χ4v) is 13.3. The van der Waals surface area contributed by atoms with Gasteiger partial charge in [0.2, 0.25) is 0 Å². The minimum Gasteiger partial charge on any atom is -0.462 e. The number of ether oxygens (including phenoxy) is 4. The van der Waals surface area contributed by atoms with Gasteiger partial charge in [-0.1, -0.05) is 342 Å². The molecular formula is C80H152O17P2. The smallest absolute Gasteiger partial charge is 0.462 e. The van der Waals surface area contributed by atoms with E-state index in [1.807, 2.05) is 0 Å². The summed E-state index contributed by atoms with van der Waals surface area (Å²) in [4.78, 5) is 72.9. The topological polar surface area (TPSA) is 237 Å². The van der Waals surface area contributed by atoms with E-state index in [2.05, 4.69) is 65.8 Å². The zero-order chi connectivity index (χ0) is 72.8. The van der Waals surface area contributed by atoms with E-state index in [1.54, 1.807) is 0 Å². The lowest BCUT2D eigenvalue weighted by atomic mass is 9.99.